The van der Waals surface area contributed by atoms with Crippen LogP contribution in [0, 0.1) is 11.3 Å². The SMILES string of the molecule is N#Cc1cccc(NC(=O)c2cc(N3CCCC3)ncn2)c1. The molecule has 0 bridgehead atoms. The molecule has 1 aromatic carbocycles. The van der Waals surface area contributed by atoms with Crippen LogP contribution in [0.15, 0.2) is 36.7 Å². The molecule has 0 aliphatic carbocycles. The van der Waals surface area contributed by atoms with Gasteiger partial charge >= 0.3 is 0 Å². The molecule has 1 saturated heterocycles. The molecule has 3 rings (SSSR count). The van der Waals surface area contributed by atoms with E-state index < -0.39 is 0 Å². The van der Waals surface area contributed by atoms with Gasteiger partial charge in [-0.2, -0.15) is 5.26 Å². The average molecular weight is 293 g/mol. The zero-order chi connectivity index (χ0) is 15.4. The Morgan fingerprint density at radius 2 is 2.05 bits per heavy atom. The summed E-state index contributed by atoms with van der Waals surface area (Å²) in [4.78, 5) is 22.7. The first-order chi connectivity index (χ1) is 10.8. The molecule has 1 aromatic heterocycles. The minimum atomic E-state index is -0.307. The summed E-state index contributed by atoms with van der Waals surface area (Å²) in [5.41, 5.74) is 1.39. The van der Waals surface area contributed by atoms with Gasteiger partial charge in [-0.15, -0.1) is 0 Å². The van der Waals surface area contributed by atoms with Crippen molar-refractivity contribution in [1.82, 2.24) is 9.97 Å². The topological polar surface area (TPSA) is 81.9 Å². The first-order valence-corrected chi connectivity index (χ1v) is 7.15. The summed E-state index contributed by atoms with van der Waals surface area (Å²) in [7, 11) is 0. The van der Waals surface area contributed by atoms with Crippen LogP contribution in [0.3, 0.4) is 0 Å². The third-order valence-corrected chi connectivity index (χ3v) is 3.56. The number of carbonyl (C=O) groups excluding carboxylic acids is 1. The largest absolute Gasteiger partial charge is 0.357 e. The maximum atomic E-state index is 12.3. The molecule has 0 atom stereocenters. The predicted octanol–water partition coefficient (Wildman–Crippen LogP) is 2.20. The predicted molar refractivity (Wildman–Crippen MR) is 82.6 cm³/mol. The first kappa shape index (κ1) is 14.0. The third-order valence-electron chi connectivity index (χ3n) is 3.56. The number of benzene rings is 1. The number of nitrogens with zero attached hydrogens (tertiary/aromatic N) is 4. The van der Waals surface area contributed by atoms with E-state index in [1.54, 1.807) is 30.3 Å². The lowest BCUT2D eigenvalue weighted by atomic mass is 10.2. The van der Waals surface area contributed by atoms with Crippen molar-refractivity contribution in [3.63, 3.8) is 0 Å². The molecule has 6 heteroatoms. The molecule has 2 aromatic rings. The summed E-state index contributed by atoms with van der Waals surface area (Å²) in [5.74, 6) is 0.473. The van der Waals surface area contributed by atoms with Crippen molar-refractivity contribution in [2.45, 2.75) is 12.8 Å². The lowest BCUT2D eigenvalue weighted by Gasteiger charge is -2.16. The molecule has 22 heavy (non-hydrogen) atoms. The van der Waals surface area contributed by atoms with E-state index in [2.05, 4.69) is 20.2 Å². The molecular weight excluding hydrogens is 278 g/mol. The number of nitrogens with one attached hydrogen (secondary N) is 1. The minimum Gasteiger partial charge on any atom is -0.357 e. The van der Waals surface area contributed by atoms with Crippen LogP contribution in [0.1, 0.15) is 28.9 Å². The van der Waals surface area contributed by atoms with Gasteiger partial charge in [0.2, 0.25) is 0 Å². The minimum absolute atomic E-state index is 0.307. The van der Waals surface area contributed by atoms with Gasteiger partial charge in [-0.1, -0.05) is 6.07 Å². The second kappa shape index (κ2) is 6.22. The van der Waals surface area contributed by atoms with E-state index in [4.69, 9.17) is 5.26 Å². The van der Waals surface area contributed by atoms with Crippen molar-refractivity contribution in [2.24, 2.45) is 0 Å². The average Bonchev–Trinajstić information content (AvgIpc) is 3.09. The van der Waals surface area contributed by atoms with E-state index in [0.29, 0.717) is 16.9 Å². The van der Waals surface area contributed by atoms with E-state index in [1.165, 1.54) is 6.33 Å². The molecule has 1 N–H and O–H groups in total. The first-order valence-electron chi connectivity index (χ1n) is 7.15. The molecule has 0 spiro atoms. The van der Waals surface area contributed by atoms with Crippen molar-refractivity contribution in [3.05, 3.63) is 47.9 Å². The zero-order valence-electron chi connectivity index (χ0n) is 12.0. The van der Waals surface area contributed by atoms with Crippen molar-refractivity contribution in [1.29, 1.82) is 5.26 Å². The number of hydrogen-bond acceptors (Lipinski definition) is 5. The standard InChI is InChI=1S/C16H15N5O/c17-10-12-4-3-5-13(8-12)20-16(22)14-9-15(19-11-18-14)21-6-1-2-7-21/h3-5,8-9,11H,1-2,6-7H2,(H,20,22). The Morgan fingerprint density at radius 1 is 1.23 bits per heavy atom. The number of rotatable bonds is 3. The Kier molecular flexibility index (Phi) is 3.97. The van der Waals surface area contributed by atoms with Crippen molar-refractivity contribution in [2.75, 3.05) is 23.3 Å². The molecule has 1 aliphatic heterocycles. The van der Waals surface area contributed by atoms with Gasteiger partial charge in [0.05, 0.1) is 11.6 Å². The second-order valence-electron chi connectivity index (χ2n) is 5.10. The van der Waals surface area contributed by atoms with Crippen LogP contribution in [0.4, 0.5) is 11.5 Å². The van der Waals surface area contributed by atoms with Gasteiger partial charge in [-0.25, -0.2) is 9.97 Å². The fourth-order valence-electron chi connectivity index (χ4n) is 2.45. The molecule has 0 saturated carbocycles. The highest BCUT2D eigenvalue weighted by molar-refractivity contribution is 6.03. The van der Waals surface area contributed by atoms with Gasteiger partial charge in [-0.3, -0.25) is 4.79 Å². The van der Waals surface area contributed by atoms with Crippen LogP contribution in [-0.2, 0) is 0 Å². The van der Waals surface area contributed by atoms with Gasteiger partial charge in [0.15, 0.2) is 0 Å². The Bertz CT molecular complexity index is 731. The summed E-state index contributed by atoms with van der Waals surface area (Å²) in [6.45, 7) is 1.92. The van der Waals surface area contributed by atoms with E-state index in [0.717, 1.165) is 31.7 Å². The number of hydrogen-bond donors (Lipinski definition) is 1. The lowest BCUT2D eigenvalue weighted by molar-refractivity contribution is 0.102. The van der Waals surface area contributed by atoms with E-state index in [1.807, 2.05) is 6.07 Å². The van der Waals surface area contributed by atoms with Crippen molar-refractivity contribution >= 4 is 17.4 Å². The monoisotopic (exact) mass is 293 g/mol. The molecule has 0 radical (unpaired) electrons. The van der Waals surface area contributed by atoms with Gasteiger partial charge in [-0.05, 0) is 31.0 Å². The molecule has 0 unspecified atom stereocenters. The Hall–Kier alpha value is -2.94. The Balaban J connectivity index is 1.77. The van der Waals surface area contributed by atoms with Crippen LogP contribution in [-0.4, -0.2) is 29.0 Å². The summed E-state index contributed by atoms with van der Waals surface area (Å²) in [6.07, 6.45) is 3.70. The van der Waals surface area contributed by atoms with Gasteiger partial charge < -0.3 is 10.2 Å². The van der Waals surface area contributed by atoms with Crippen LogP contribution in [0.5, 0.6) is 0 Å². The van der Waals surface area contributed by atoms with Crippen LogP contribution >= 0.6 is 0 Å². The van der Waals surface area contributed by atoms with E-state index in [9.17, 15) is 4.79 Å². The normalized spacial score (nSPS) is 13.7. The molecule has 2 heterocycles. The molecule has 1 aliphatic rings. The van der Waals surface area contributed by atoms with E-state index >= 15 is 0 Å². The van der Waals surface area contributed by atoms with Crippen molar-refractivity contribution in [3.8, 4) is 6.07 Å². The molecule has 1 amide bonds. The second-order valence-corrected chi connectivity index (χ2v) is 5.10. The Morgan fingerprint density at radius 3 is 2.82 bits per heavy atom. The fraction of sp³-hybridized carbons (Fsp3) is 0.250. The third kappa shape index (κ3) is 3.04. The van der Waals surface area contributed by atoms with Crippen LogP contribution in [0.25, 0.3) is 0 Å². The molecular formula is C16H15N5O. The number of amides is 1. The van der Waals surface area contributed by atoms with Crippen LogP contribution in [0.2, 0.25) is 0 Å². The highest BCUT2D eigenvalue weighted by atomic mass is 16.1. The summed E-state index contributed by atoms with van der Waals surface area (Å²) < 4.78 is 0. The van der Waals surface area contributed by atoms with Gasteiger partial charge in [0, 0.05) is 24.8 Å². The smallest absolute Gasteiger partial charge is 0.274 e. The lowest BCUT2D eigenvalue weighted by Crippen LogP contribution is -2.21. The Labute approximate surface area is 128 Å². The maximum absolute atomic E-state index is 12.3. The molecule has 1 fully saturated rings. The van der Waals surface area contributed by atoms with Gasteiger partial charge in [0.25, 0.3) is 5.91 Å². The number of aromatic nitrogens is 2. The number of anilines is 2. The van der Waals surface area contributed by atoms with Crippen molar-refractivity contribution < 1.29 is 4.79 Å². The summed E-state index contributed by atoms with van der Waals surface area (Å²) >= 11 is 0. The fourth-order valence-corrected chi connectivity index (χ4v) is 2.45. The molecule has 110 valence electrons. The summed E-state index contributed by atoms with van der Waals surface area (Å²) in [5, 5.41) is 11.6. The van der Waals surface area contributed by atoms with Gasteiger partial charge in [0.1, 0.15) is 17.8 Å². The molecule has 6 nitrogen and oxygen atoms in total. The number of carbonyl (C=O) groups is 1. The van der Waals surface area contributed by atoms with E-state index in [-0.39, 0.29) is 5.91 Å². The highest BCUT2D eigenvalue weighted by Crippen LogP contribution is 2.18. The number of nitriles is 1. The van der Waals surface area contributed by atoms with Crippen LogP contribution < -0.4 is 10.2 Å². The maximum Gasteiger partial charge on any atom is 0.274 e. The highest BCUT2D eigenvalue weighted by Gasteiger charge is 2.16. The summed E-state index contributed by atoms with van der Waals surface area (Å²) in [6, 6.07) is 10.5. The zero-order valence-corrected chi connectivity index (χ0v) is 12.0. The quantitative estimate of drug-likeness (QED) is 0.938.